The van der Waals surface area contributed by atoms with Gasteiger partial charge in [-0.1, -0.05) is 11.2 Å². The summed E-state index contributed by atoms with van der Waals surface area (Å²) < 4.78 is 5.42. The van der Waals surface area contributed by atoms with E-state index in [4.69, 9.17) is 9.78 Å². The molecule has 0 saturated carbocycles. The third kappa shape index (κ3) is 2.50. The van der Waals surface area contributed by atoms with Crippen molar-refractivity contribution in [2.45, 2.75) is 19.3 Å². The van der Waals surface area contributed by atoms with E-state index in [-0.39, 0.29) is 5.92 Å². The van der Waals surface area contributed by atoms with E-state index in [0.717, 1.165) is 35.1 Å². The molecule has 4 rings (SSSR count). The SMILES string of the molecule is Cc1ccc2cc(-c3nc(C4CCN(C#N)C4)no3)ccc2n1. The van der Waals surface area contributed by atoms with Crippen molar-refractivity contribution in [3.63, 3.8) is 0 Å². The van der Waals surface area contributed by atoms with Crippen molar-refractivity contribution >= 4 is 10.9 Å². The second-order valence-electron chi connectivity index (χ2n) is 5.85. The molecule has 2 aromatic heterocycles. The molecule has 3 aromatic rings. The van der Waals surface area contributed by atoms with Crippen LogP contribution in [0.3, 0.4) is 0 Å². The highest BCUT2D eigenvalue weighted by Crippen LogP contribution is 2.28. The van der Waals surface area contributed by atoms with Gasteiger partial charge in [-0.3, -0.25) is 4.98 Å². The van der Waals surface area contributed by atoms with E-state index >= 15 is 0 Å². The Morgan fingerprint density at radius 1 is 1.26 bits per heavy atom. The molecule has 1 saturated heterocycles. The summed E-state index contributed by atoms with van der Waals surface area (Å²) >= 11 is 0. The van der Waals surface area contributed by atoms with Gasteiger partial charge in [0, 0.05) is 35.7 Å². The van der Waals surface area contributed by atoms with Crippen LogP contribution in [0.4, 0.5) is 0 Å². The van der Waals surface area contributed by atoms with Gasteiger partial charge in [0.15, 0.2) is 12.0 Å². The van der Waals surface area contributed by atoms with Crippen LogP contribution in [0, 0.1) is 18.4 Å². The van der Waals surface area contributed by atoms with Crippen molar-refractivity contribution < 1.29 is 4.52 Å². The largest absolute Gasteiger partial charge is 0.334 e. The molecule has 1 aromatic carbocycles. The molecular weight excluding hydrogens is 290 g/mol. The number of hydrogen-bond acceptors (Lipinski definition) is 6. The first-order chi connectivity index (χ1) is 11.2. The van der Waals surface area contributed by atoms with Crippen LogP contribution in [0.2, 0.25) is 0 Å². The number of hydrogen-bond donors (Lipinski definition) is 0. The lowest BCUT2D eigenvalue weighted by molar-refractivity contribution is 0.413. The quantitative estimate of drug-likeness (QED) is 0.677. The van der Waals surface area contributed by atoms with Crippen LogP contribution in [0.15, 0.2) is 34.9 Å². The Labute approximate surface area is 133 Å². The van der Waals surface area contributed by atoms with Gasteiger partial charge < -0.3 is 9.42 Å². The lowest BCUT2D eigenvalue weighted by Gasteiger charge is -2.04. The van der Waals surface area contributed by atoms with Gasteiger partial charge in [0.2, 0.25) is 0 Å². The van der Waals surface area contributed by atoms with E-state index in [9.17, 15) is 0 Å². The molecule has 6 nitrogen and oxygen atoms in total. The third-order valence-electron chi connectivity index (χ3n) is 4.21. The van der Waals surface area contributed by atoms with Crippen LogP contribution in [-0.4, -0.2) is 33.1 Å². The molecule has 0 spiro atoms. The zero-order valence-electron chi connectivity index (χ0n) is 12.7. The van der Waals surface area contributed by atoms with E-state index in [1.807, 2.05) is 37.3 Å². The van der Waals surface area contributed by atoms with Crippen molar-refractivity contribution in [1.82, 2.24) is 20.0 Å². The molecule has 23 heavy (non-hydrogen) atoms. The molecular formula is C17H15N5O. The summed E-state index contributed by atoms with van der Waals surface area (Å²) in [5, 5.41) is 14.1. The standard InChI is InChI=1S/C17H15N5O/c1-11-2-3-12-8-13(4-5-15(12)19-11)17-20-16(21-23-17)14-6-7-22(9-14)10-18/h2-5,8,14H,6-7,9H2,1H3. The Morgan fingerprint density at radius 2 is 2.17 bits per heavy atom. The van der Waals surface area contributed by atoms with Gasteiger partial charge in [-0.2, -0.15) is 10.2 Å². The van der Waals surface area contributed by atoms with Crippen molar-refractivity contribution in [3.8, 4) is 17.6 Å². The van der Waals surface area contributed by atoms with Crippen LogP contribution in [0.5, 0.6) is 0 Å². The number of pyridine rings is 1. The normalized spacial score (nSPS) is 17.6. The molecule has 0 bridgehead atoms. The molecule has 1 aliphatic heterocycles. The van der Waals surface area contributed by atoms with Gasteiger partial charge in [0.1, 0.15) is 0 Å². The first-order valence-electron chi connectivity index (χ1n) is 7.59. The summed E-state index contributed by atoms with van der Waals surface area (Å²) in [6.45, 7) is 3.40. The molecule has 114 valence electrons. The first-order valence-corrected chi connectivity index (χ1v) is 7.59. The topological polar surface area (TPSA) is 78.8 Å². The molecule has 3 heterocycles. The van der Waals surface area contributed by atoms with Crippen LogP contribution in [0.25, 0.3) is 22.4 Å². The Hall–Kier alpha value is -2.94. The molecule has 6 heteroatoms. The van der Waals surface area contributed by atoms with Crippen molar-refractivity contribution in [2.24, 2.45) is 0 Å². The van der Waals surface area contributed by atoms with Crippen LogP contribution in [-0.2, 0) is 0 Å². The highest BCUT2D eigenvalue weighted by Gasteiger charge is 2.27. The number of benzene rings is 1. The second-order valence-corrected chi connectivity index (χ2v) is 5.85. The zero-order valence-corrected chi connectivity index (χ0v) is 12.7. The molecule has 0 amide bonds. The van der Waals surface area contributed by atoms with E-state index < -0.39 is 0 Å². The minimum atomic E-state index is 0.164. The van der Waals surface area contributed by atoms with Gasteiger partial charge in [-0.15, -0.1) is 0 Å². The van der Waals surface area contributed by atoms with Crippen LogP contribution >= 0.6 is 0 Å². The number of fused-ring (bicyclic) bond motifs is 1. The summed E-state index contributed by atoms with van der Waals surface area (Å²) in [5.41, 5.74) is 2.83. The smallest absolute Gasteiger partial charge is 0.257 e. The van der Waals surface area contributed by atoms with Crippen molar-refractivity contribution in [1.29, 1.82) is 5.26 Å². The maximum Gasteiger partial charge on any atom is 0.257 e. The number of aromatic nitrogens is 3. The van der Waals surface area contributed by atoms with E-state index in [1.165, 1.54) is 0 Å². The number of nitrogens with zero attached hydrogens (tertiary/aromatic N) is 5. The van der Waals surface area contributed by atoms with E-state index in [0.29, 0.717) is 18.3 Å². The third-order valence-corrected chi connectivity index (χ3v) is 4.21. The summed E-state index contributed by atoms with van der Waals surface area (Å²) in [6, 6.07) is 9.95. The van der Waals surface area contributed by atoms with Crippen molar-refractivity contribution in [2.75, 3.05) is 13.1 Å². The summed E-state index contributed by atoms with van der Waals surface area (Å²) in [4.78, 5) is 10.7. The summed E-state index contributed by atoms with van der Waals surface area (Å²) in [6.07, 6.45) is 3.05. The lowest BCUT2D eigenvalue weighted by atomic mass is 10.1. The van der Waals surface area contributed by atoms with E-state index in [2.05, 4.69) is 21.3 Å². The number of aryl methyl sites for hydroxylation is 1. The molecule has 0 aliphatic carbocycles. The highest BCUT2D eigenvalue weighted by atomic mass is 16.5. The predicted molar refractivity (Wildman–Crippen MR) is 84.3 cm³/mol. The lowest BCUT2D eigenvalue weighted by Crippen LogP contribution is -2.13. The second kappa shape index (κ2) is 5.36. The molecule has 1 unspecified atom stereocenters. The van der Waals surface area contributed by atoms with Crippen molar-refractivity contribution in [3.05, 3.63) is 41.9 Å². The average molecular weight is 305 g/mol. The maximum absolute atomic E-state index is 8.94. The Morgan fingerprint density at radius 3 is 3.00 bits per heavy atom. The first kappa shape index (κ1) is 13.7. The number of likely N-dealkylation sites (tertiary alicyclic amines) is 1. The molecule has 1 atom stereocenters. The van der Waals surface area contributed by atoms with Gasteiger partial charge in [-0.05, 0) is 37.6 Å². The minimum Gasteiger partial charge on any atom is -0.334 e. The Bertz CT molecular complexity index is 911. The zero-order chi connectivity index (χ0) is 15.8. The van der Waals surface area contributed by atoms with Gasteiger partial charge in [0.05, 0.1) is 5.52 Å². The predicted octanol–water partition coefficient (Wildman–Crippen LogP) is 2.86. The Kier molecular flexibility index (Phi) is 3.19. The molecule has 1 fully saturated rings. The fourth-order valence-corrected chi connectivity index (χ4v) is 2.94. The van der Waals surface area contributed by atoms with Crippen LogP contribution in [0.1, 0.15) is 23.9 Å². The number of rotatable bonds is 2. The molecule has 0 N–H and O–H groups in total. The summed E-state index contributed by atoms with van der Waals surface area (Å²) in [5.74, 6) is 1.36. The average Bonchev–Trinajstić information content (AvgIpc) is 3.23. The monoisotopic (exact) mass is 305 g/mol. The van der Waals surface area contributed by atoms with E-state index in [1.54, 1.807) is 4.90 Å². The molecule has 0 radical (unpaired) electrons. The summed E-state index contributed by atoms with van der Waals surface area (Å²) in [7, 11) is 0. The van der Waals surface area contributed by atoms with Gasteiger partial charge >= 0.3 is 0 Å². The fourth-order valence-electron chi connectivity index (χ4n) is 2.94. The fraction of sp³-hybridized carbons (Fsp3) is 0.294. The Balaban J connectivity index is 1.64. The van der Waals surface area contributed by atoms with Crippen LogP contribution < -0.4 is 0 Å². The molecule has 1 aliphatic rings. The maximum atomic E-state index is 8.94. The highest BCUT2D eigenvalue weighted by molar-refractivity contribution is 5.83. The minimum absolute atomic E-state index is 0.164. The number of nitriles is 1. The van der Waals surface area contributed by atoms with Gasteiger partial charge in [0.25, 0.3) is 5.89 Å². The van der Waals surface area contributed by atoms with Gasteiger partial charge in [-0.25, -0.2) is 0 Å².